The van der Waals surface area contributed by atoms with Crippen molar-refractivity contribution >= 4 is 17.9 Å². The average molecular weight is 1130 g/mol. The quantitative estimate of drug-likeness (QED) is 0.0261. The first-order valence-corrected chi connectivity index (χ1v) is 35.8. The van der Waals surface area contributed by atoms with Gasteiger partial charge in [0.1, 0.15) is 13.2 Å². The second kappa shape index (κ2) is 69.6. The van der Waals surface area contributed by atoms with E-state index in [2.05, 4.69) is 81.5 Å². The third-order valence-corrected chi connectivity index (χ3v) is 16.0. The molecule has 0 saturated heterocycles. The van der Waals surface area contributed by atoms with Crippen LogP contribution < -0.4 is 0 Å². The zero-order valence-electron chi connectivity index (χ0n) is 54.3. The maximum atomic E-state index is 12.9. The van der Waals surface area contributed by atoms with Gasteiger partial charge in [-0.25, -0.2) is 0 Å². The minimum atomic E-state index is -0.785. The van der Waals surface area contributed by atoms with Gasteiger partial charge in [-0.05, 0) is 83.5 Å². The summed E-state index contributed by atoms with van der Waals surface area (Å²) < 4.78 is 17.0. The summed E-state index contributed by atoms with van der Waals surface area (Å²) in [6, 6.07) is 0. The lowest BCUT2D eigenvalue weighted by Crippen LogP contribution is -2.30. The number of hydrogen-bond acceptors (Lipinski definition) is 6. The van der Waals surface area contributed by atoms with Crippen LogP contribution in [0.25, 0.3) is 0 Å². The number of esters is 3. The molecule has 0 radical (unpaired) electrons. The van der Waals surface area contributed by atoms with E-state index in [9.17, 15) is 14.4 Å². The summed E-state index contributed by atoms with van der Waals surface area (Å²) in [6.07, 6.45) is 89.7. The number of allylic oxidation sites excluding steroid dienone is 10. The molecule has 0 saturated carbocycles. The minimum absolute atomic E-state index is 0.0785. The van der Waals surface area contributed by atoms with Crippen molar-refractivity contribution in [1.29, 1.82) is 0 Å². The Morgan fingerprint density at radius 3 is 0.741 bits per heavy atom. The highest BCUT2D eigenvalue weighted by atomic mass is 16.6. The predicted molar refractivity (Wildman–Crippen MR) is 353 cm³/mol. The van der Waals surface area contributed by atoms with E-state index in [1.165, 1.54) is 238 Å². The molecule has 0 aromatic heterocycles. The number of rotatable bonds is 66. The molecule has 0 aromatic rings. The topological polar surface area (TPSA) is 78.9 Å². The van der Waals surface area contributed by atoms with E-state index in [-0.39, 0.29) is 31.1 Å². The van der Waals surface area contributed by atoms with Crippen molar-refractivity contribution < 1.29 is 28.6 Å². The first-order chi connectivity index (χ1) is 40.0. The van der Waals surface area contributed by atoms with Gasteiger partial charge in [-0.2, -0.15) is 0 Å². The Balaban J connectivity index is 4.24. The summed E-state index contributed by atoms with van der Waals surface area (Å²) in [5.74, 6) is -0.878. The van der Waals surface area contributed by atoms with Crippen LogP contribution in [0.5, 0.6) is 0 Å². The zero-order chi connectivity index (χ0) is 58.5. The molecule has 0 N–H and O–H groups in total. The van der Waals surface area contributed by atoms with E-state index in [1.54, 1.807) is 0 Å². The Labute approximate surface area is 504 Å². The molecule has 0 bridgehead atoms. The Kier molecular flexibility index (Phi) is 67.1. The molecule has 0 spiro atoms. The first-order valence-electron chi connectivity index (χ1n) is 35.8. The molecule has 1 atom stereocenters. The van der Waals surface area contributed by atoms with Gasteiger partial charge in [-0.3, -0.25) is 14.4 Å². The van der Waals surface area contributed by atoms with Gasteiger partial charge < -0.3 is 14.2 Å². The molecule has 6 heteroatoms. The molecule has 0 heterocycles. The van der Waals surface area contributed by atoms with Crippen LogP contribution in [-0.2, 0) is 28.6 Å². The van der Waals surface area contributed by atoms with Crippen molar-refractivity contribution in [3.8, 4) is 0 Å². The number of hydrogen-bond donors (Lipinski definition) is 0. The Morgan fingerprint density at radius 2 is 0.469 bits per heavy atom. The molecule has 0 fully saturated rings. The molecule has 0 aliphatic rings. The fourth-order valence-electron chi connectivity index (χ4n) is 10.6. The number of carbonyl (C=O) groups excluding carboxylic acids is 3. The van der Waals surface area contributed by atoms with E-state index >= 15 is 0 Å². The van der Waals surface area contributed by atoms with Gasteiger partial charge in [-0.15, -0.1) is 0 Å². The van der Waals surface area contributed by atoms with Crippen LogP contribution in [0.1, 0.15) is 380 Å². The molecule has 81 heavy (non-hydrogen) atoms. The maximum absolute atomic E-state index is 12.9. The highest BCUT2D eigenvalue weighted by Gasteiger charge is 2.19. The van der Waals surface area contributed by atoms with Crippen molar-refractivity contribution in [3.63, 3.8) is 0 Å². The van der Waals surface area contributed by atoms with Gasteiger partial charge in [0.15, 0.2) is 6.10 Å². The minimum Gasteiger partial charge on any atom is -0.462 e. The molecule has 1 unspecified atom stereocenters. The summed E-state index contributed by atoms with van der Waals surface area (Å²) in [4.78, 5) is 38.4. The van der Waals surface area contributed by atoms with E-state index in [1.807, 2.05) is 0 Å². The summed E-state index contributed by atoms with van der Waals surface area (Å²) in [6.45, 7) is 6.61. The van der Waals surface area contributed by atoms with Gasteiger partial charge in [-0.1, -0.05) is 338 Å². The smallest absolute Gasteiger partial charge is 0.306 e. The lowest BCUT2D eigenvalue weighted by Gasteiger charge is -2.18. The molecule has 0 aliphatic carbocycles. The van der Waals surface area contributed by atoms with E-state index < -0.39 is 6.10 Å². The fraction of sp³-hybridized carbons (Fsp3) is 0.827. The van der Waals surface area contributed by atoms with Crippen LogP contribution in [0.2, 0.25) is 0 Å². The van der Waals surface area contributed by atoms with Gasteiger partial charge in [0, 0.05) is 19.3 Å². The number of carbonyl (C=O) groups is 3. The van der Waals surface area contributed by atoms with Crippen molar-refractivity contribution in [2.24, 2.45) is 0 Å². The first kappa shape index (κ1) is 78.1. The number of unbranched alkanes of at least 4 members (excludes halogenated alkanes) is 45. The van der Waals surface area contributed by atoms with Crippen molar-refractivity contribution in [2.45, 2.75) is 386 Å². The van der Waals surface area contributed by atoms with Crippen molar-refractivity contribution in [1.82, 2.24) is 0 Å². The molecule has 472 valence electrons. The van der Waals surface area contributed by atoms with Crippen LogP contribution in [0.15, 0.2) is 60.8 Å². The molecule has 0 aromatic carbocycles. The summed E-state index contributed by atoms with van der Waals surface area (Å²) in [5.41, 5.74) is 0. The lowest BCUT2D eigenvalue weighted by molar-refractivity contribution is -0.167. The maximum Gasteiger partial charge on any atom is 0.306 e. The highest BCUT2D eigenvalue weighted by Crippen LogP contribution is 2.18. The standard InChI is InChI=1S/C75H136O6/c1-4-7-10-13-16-19-22-25-27-29-31-33-35-36-37-38-40-41-43-45-47-50-53-56-59-62-65-68-74(77)80-71-72(70-79-73(76)67-64-61-58-55-52-49-24-21-18-15-12-9-6-3)81-75(78)69-66-63-60-57-54-51-48-46-44-42-39-34-32-30-28-26-23-20-17-14-11-8-5-2/h12,15,21,23-24,26,30,32,39,42,72H,4-11,13-14,16-20,22,25,27-29,31,33-38,40-41,43-71H2,1-3H3/b15-12-,24-21-,26-23-,32-30-,42-39-. The summed E-state index contributed by atoms with van der Waals surface area (Å²) >= 11 is 0. The Morgan fingerprint density at radius 1 is 0.247 bits per heavy atom. The molecular formula is C75H136O6. The second-order valence-electron chi connectivity index (χ2n) is 24.1. The van der Waals surface area contributed by atoms with E-state index in [4.69, 9.17) is 14.2 Å². The molecular weight excluding hydrogens is 997 g/mol. The Hall–Kier alpha value is -2.89. The van der Waals surface area contributed by atoms with Gasteiger partial charge in [0.05, 0.1) is 0 Å². The number of ether oxygens (including phenoxy) is 3. The molecule has 6 nitrogen and oxygen atoms in total. The van der Waals surface area contributed by atoms with E-state index in [0.29, 0.717) is 19.3 Å². The van der Waals surface area contributed by atoms with Gasteiger partial charge in [0.2, 0.25) is 0 Å². The molecule has 0 amide bonds. The van der Waals surface area contributed by atoms with Gasteiger partial charge in [0.25, 0.3) is 0 Å². The van der Waals surface area contributed by atoms with Crippen LogP contribution in [-0.4, -0.2) is 37.2 Å². The monoisotopic (exact) mass is 1130 g/mol. The third kappa shape index (κ3) is 67.8. The van der Waals surface area contributed by atoms with E-state index in [0.717, 1.165) is 103 Å². The molecule has 0 aliphatic heterocycles. The second-order valence-corrected chi connectivity index (χ2v) is 24.1. The van der Waals surface area contributed by atoms with Crippen LogP contribution in [0, 0.1) is 0 Å². The van der Waals surface area contributed by atoms with Crippen LogP contribution in [0.3, 0.4) is 0 Å². The third-order valence-electron chi connectivity index (χ3n) is 16.0. The summed E-state index contributed by atoms with van der Waals surface area (Å²) in [5, 5.41) is 0. The largest absolute Gasteiger partial charge is 0.462 e. The van der Waals surface area contributed by atoms with Crippen molar-refractivity contribution in [3.05, 3.63) is 60.8 Å². The zero-order valence-corrected chi connectivity index (χ0v) is 54.3. The Bertz CT molecular complexity index is 1440. The normalized spacial score (nSPS) is 12.4. The van der Waals surface area contributed by atoms with Gasteiger partial charge >= 0.3 is 17.9 Å². The predicted octanol–water partition coefficient (Wildman–Crippen LogP) is 24.7. The summed E-state index contributed by atoms with van der Waals surface area (Å²) in [7, 11) is 0. The van der Waals surface area contributed by atoms with Crippen LogP contribution in [0.4, 0.5) is 0 Å². The van der Waals surface area contributed by atoms with Crippen molar-refractivity contribution in [2.75, 3.05) is 13.2 Å². The SMILES string of the molecule is CCC/C=C\C/C=C\CCCCCCCC(=O)OCC(COC(=O)CCCCCCCCCCCCCCCCCCCCCCCCCCCCC)OC(=O)CCCCCCCCCC/C=C\C/C=C\C/C=C\CCCCCCC. The average Bonchev–Trinajstić information content (AvgIpc) is 3.46. The molecule has 0 rings (SSSR count). The highest BCUT2D eigenvalue weighted by molar-refractivity contribution is 5.71. The van der Waals surface area contributed by atoms with Crippen LogP contribution >= 0.6 is 0 Å². The lowest BCUT2D eigenvalue weighted by atomic mass is 10.0. The fourth-order valence-corrected chi connectivity index (χ4v) is 10.6.